The smallest absolute Gasteiger partial charge is 0.147 e. The number of halogens is 3. The van der Waals surface area contributed by atoms with Crippen molar-refractivity contribution in [2.75, 3.05) is 7.11 Å². The quantitative estimate of drug-likeness (QED) is 0.561. The predicted octanol–water partition coefficient (Wildman–Crippen LogP) is 3.82. The van der Waals surface area contributed by atoms with Gasteiger partial charge in [-0.15, -0.1) is 37.2 Å². The number of esters is 1. The molecule has 0 bridgehead atoms. The standard InChI is InChI=1S/C11H17O2Si.3ClH.Ti/c1-13-11(12)8-9-6-5-7-10(9)14(2,3)4;;;;/h7H,5,8H2,1-4H3;3*1H;. The van der Waals surface area contributed by atoms with Crippen molar-refractivity contribution in [3.63, 3.8) is 0 Å². The number of allylic oxidation sites excluding steroid dienone is 3. The maximum Gasteiger partial charge on any atom is -0.147 e. The van der Waals surface area contributed by atoms with Gasteiger partial charge in [0.1, 0.15) is 0 Å². The van der Waals surface area contributed by atoms with Crippen molar-refractivity contribution in [3.05, 3.63) is 20.7 Å². The van der Waals surface area contributed by atoms with Crippen LogP contribution in [0.1, 0.15) is 12.8 Å². The Labute approximate surface area is 141 Å². The number of carbonyl (C=O) groups is 1. The van der Waals surface area contributed by atoms with E-state index in [2.05, 4.69) is 46.2 Å². The van der Waals surface area contributed by atoms with Gasteiger partial charge in [0.15, 0.2) is 0 Å². The Morgan fingerprint density at radius 2 is 1.83 bits per heavy atom. The number of carbonyl (C=O) groups excluding carboxylic acids is 1. The van der Waals surface area contributed by atoms with Crippen molar-refractivity contribution >= 4 is 51.3 Å². The van der Waals surface area contributed by atoms with E-state index in [0.717, 1.165) is 6.42 Å². The van der Waals surface area contributed by atoms with Gasteiger partial charge in [-0.2, -0.15) is 0 Å². The van der Waals surface area contributed by atoms with Crippen LogP contribution in [0.2, 0.25) is 19.6 Å². The van der Waals surface area contributed by atoms with E-state index in [4.69, 9.17) is 4.74 Å². The molecule has 0 saturated heterocycles. The average Bonchev–Trinajstić information content (AvgIpc) is 2.47. The van der Waals surface area contributed by atoms with Crippen molar-refractivity contribution < 1.29 is 30.0 Å². The number of rotatable bonds is 3. The van der Waals surface area contributed by atoms with Crippen LogP contribution in [0.15, 0.2) is 20.7 Å². The molecule has 18 heavy (non-hydrogen) atoms. The van der Waals surface area contributed by atoms with E-state index >= 15 is 0 Å². The Balaban J connectivity index is -0.000000750. The summed E-state index contributed by atoms with van der Waals surface area (Å²) in [6, 6.07) is 0. The molecule has 0 N–H and O–H groups in total. The molecule has 105 valence electrons. The Hall–Kier alpha value is 0.751. The minimum absolute atomic E-state index is 0. The van der Waals surface area contributed by atoms with Gasteiger partial charge in [-0.05, 0) is 0 Å². The molecule has 0 radical (unpaired) electrons. The van der Waals surface area contributed by atoms with Crippen LogP contribution >= 0.6 is 37.2 Å². The van der Waals surface area contributed by atoms with Crippen LogP contribution in [0, 0.1) is 0 Å². The number of hydrogen-bond acceptors (Lipinski definition) is 2. The summed E-state index contributed by atoms with van der Waals surface area (Å²) in [6.07, 6.45) is 3.74. The van der Waals surface area contributed by atoms with Crippen molar-refractivity contribution in [2.24, 2.45) is 0 Å². The average molecular weight is 367 g/mol. The molecule has 0 heterocycles. The molecule has 0 atom stereocenters. The SMILES string of the molecule is COC(=O)CC1=[C]([Ti])CC=C1[Si](C)(C)C.Cl.Cl.Cl. The van der Waals surface area contributed by atoms with Crippen molar-refractivity contribution in [3.8, 4) is 0 Å². The van der Waals surface area contributed by atoms with Gasteiger partial charge in [0, 0.05) is 0 Å². The van der Waals surface area contributed by atoms with Crippen LogP contribution in [0.5, 0.6) is 0 Å². The number of methoxy groups -OCH3 is 1. The Bertz CT molecular complexity index is 349. The van der Waals surface area contributed by atoms with E-state index in [1.54, 1.807) is 0 Å². The Kier molecular flexibility index (Phi) is 12.7. The third kappa shape index (κ3) is 6.27. The van der Waals surface area contributed by atoms with Crippen molar-refractivity contribution in [1.82, 2.24) is 0 Å². The first-order valence-corrected chi connectivity index (χ1v) is 9.35. The molecule has 0 amide bonds. The first-order valence-electron chi connectivity index (χ1n) is 5.07. The molecule has 2 nitrogen and oxygen atoms in total. The van der Waals surface area contributed by atoms with Crippen molar-refractivity contribution in [2.45, 2.75) is 32.5 Å². The van der Waals surface area contributed by atoms with E-state index in [0.29, 0.717) is 6.42 Å². The molecule has 1 aliphatic carbocycles. The van der Waals surface area contributed by atoms with Gasteiger partial charge in [0.2, 0.25) is 0 Å². The summed E-state index contributed by atoms with van der Waals surface area (Å²) in [5.41, 5.74) is 1.24. The maximum atomic E-state index is 11.3. The topological polar surface area (TPSA) is 26.3 Å². The fraction of sp³-hybridized carbons (Fsp3) is 0.545. The molecule has 0 spiro atoms. The second-order valence-corrected chi connectivity index (χ2v) is 10.8. The summed E-state index contributed by atoms with van der Waals surface area (Å²) in [7, 11) is 0.136. The number of hydrogen-bond donors (Lipinski definition) is 0. The van der Waals surface area contributed by atoms with Gasteiger partial charge in [-0.25, -0.2) is 0 Å². The number of ether oxygens (including phenoxy) is 1. The summed E-state index contributed by atoms with van der Waals surface area (Å²) in [4.78, 5) is 11.3. The van der Waals surface area contributed by atoms with E-state index in [-0.39, 0.29) is 43.2 Å². The first kappa shape index (κ1) is 23.8. The third-order valence-electron chi connectivity index (χ3n) is 2.56. The zero-order valence-electron chi connectivity index (χ0n) is 11.0. The molecule has 1 rings (SSSR count). The molecule has 0 unspecified atom stereocenters. The van der Waals surface area contributed by atoms with E-state index in [1.165, 1.54) is 21.8 Å². The van der Waals surface area contributed by atoms with Gasteiger partial charge >= 0.3 is 104 Å². The summed E-state index contributed by atoms with van der Waals surface area (Å²) in [6.45, 7) is 6.94. The molecule has 0 saturated carbocycles. The predicted molar refractivity (Wildman–Crippen MR) is 81.4 cm³/mol. The van der Waals surface area contributed by atoms with Gasteiger partial charge in [-0.1, -0.05) is 0 Å². The second-order valence-electron chi connectivity index (χ2n) is 4.78. The fourth-order valence-corrected chi connectivity index (χ4v) is 4.35. The van der Waals surface area contributed by atoms with Crippen LogP contribution in [0.3, 0.4) is 0 Å². The molecule has 7 heteroatoms. The second kappa shape index (κ2) is 9.62. The largest absolute Gasteiger partial charge is 0.147 e. The van der Waals surface area contributed by atoms with Gasteiger partial charge in [-0.3, -0.25) is 0 Å². The van der Waals surface area contributed by atoms with Crippen LogP contribution in [0.25, 0.3) is 0 Å². The van der Waals surface area contributed by atoms with Gasteiger partial charge < -0.3 is 0 Å². The zero-order chi connectivity index (χ0) is 11.6. The van der Waals surface area contributed by atoms with E-state index in [9.17, 15) is 4.79 Å². The Morgan fingerprint density at radius 1 is 1.33 bits per heavy atom. The Morgan fingerprint density at radius 3 is 2.22 bits per heavy atom. The van der Waals surface area contributed by atoms with Crippen molar-refractivity contribution in [1.29, 1.82) is 0 Å². The van der Waals surface area contributed by atoms with Crippen LogP contribution in [-0.4, -0.2) is 21.2 Å². The summed E-state index contributed by atoms with van der Waals surface area (Å²) in [5, 5.41) is 1.44. The monoisotopic (exact) mass is 365 g/mol. The van der Waals surface area contributed by atoms with Gasteiger partial charge in [0.25, 0.3) is 0 Å². The molecule has 0 aromatic rings. The summed E-state index contributed by atoms with van der Waals surface area (Å²) in [5.74, 6) is -0.129. The fourth-order valence-electron chi connectivity index (χ4n) is 1.79. The zero-order valence-corrected chi connectivity index (χ0v) is 16.0. The minimum Gasteiger partial charge on any atom is -0.147 e. The third-order valence-corrected chi connectivity index (χ3v) is 5.47. The molecule has 0 aliphatic heterocycles. The maximum absolute atomic E-state index is 11.3. The van der Waals surface area contributed by atoms with Crippen LogP contribution in [0.4, 0.5) is 0 Å². The molecular weight excluding hydrogens is 346 g/mol. The molecule has 1 aliphatic rings. The minimum atomic E-state index is -1.31. The van der Waals surface area contributed by atoms with Gasteiger partial charge in [0.05, 0.1) is 0 Å². The summed E-state index contributed by atoms with van der Waals surface area (Å²) < 4.78 is 6.07. The summed E-state index contributed by atoms with van der Waals surface area (Å²) >= 11 is 2.11. The van der Waals surface area contributed by atoms with Crippen LogP contribution < -0.4 is 0 Å². The van der Waals surface area contributed by atoms with E-state index in [1.807, 2.05) is 0 Å². The van der Waals surface area contributed by atoms with E-state index < -0.39 is 8.07 Å². The normalized spacial score (nSPS) is 13.8. The van der Waals surface area contributed by atoms with Crippen LogP contribution in [-0.2, 0) is 30.0 Å². The molecule has 0 fully saturated rings. The molecular formula is C11H20Cl3O2SiTi. The molecule has 0 aromatic heterocycles. The molecule has 0 aromatic carbocycles. The first-order chi connectivity index (χ1) is 6.86.